The lowest BCUT2D eigenvalue weighted by atomic mass is 10.2. The summed E-state index contributed by atoms with van der Waals surface area (Å²) < 4.78 is 38.2. The summed E-state index contributed by atoms with van der Waals surface area (Å²) in [5, 5.41) is 15.0. The van der Waals surface area contributed by atoms with E-state index in [1.54, 1.807) is 65.8 Å². The van der Waals surface area contributed by atoms with E-state index in [0.29, 0.717) is 22.3 Å². The van der Waals surface area contributed by atoms with Gasteiger partial charge in [-0.25, -0.2) is 19.7 Å². The molecule has 1 amide bonds. The number of hydrogen-bond donors (Lipinski definition) is 2. The van der Waals surface area contributed by atoms with Crippen LogP contribution in [0.3, 0.4) is 0 Å². The highest BCUT2D eigenvalue weighted by molar-refractivity contribution is 7.46. The Labute approximate surface area is 253 Å². The number of aliphatic hydroxyl groups excluding tert-OH is 1. The zero-order valence-corrected chi connectivity index (χ0v) is 24.6. The lowest BCUT2D eigenvalue weighted by molar-refractivity contribution is -0.0881. The lowest BCUT2D eigenvalue weighted by Crippen LogP contribution is -2.27. The van der Waals surface area contributed by atoms with Crippen molar-refractivity contribution in [2.75, 3.05) is 38.9 Å². The Hall–Kier alpha value is -4.31. The fourth-order valence-corrected chi connectivity index (χ4v) is 4.42. The summed E-state index contributed by atoms with van der Waals surface area (Å²) in [4.78, 5) is 38.4. The number of carbonyl (C=O) groups is 2. The molecule has 0 spiro atoms. The first-order valence-corrected chi connectivity index (χ1v) is 14.6. The third kappa shape index (κ3) is 9.89. The number of anilines is 1. The second kappa shape index (κ2) is 17.6. The number of esters is 1. The van der Waals surface area contributed by atoms with Gasteiger partial charge in [0.15, 0.2) is 31.6 Å². The molecule has 3 atom stereocenters. The number of nitriles is 1. The number of ether oxygens (including phenoxy) is 2. The molecule has 4 rings (SSSR count). The summed E-state index contributed by atoms with van der Waals surface area (Å²) in [7, 11) is 0.00252. The van der Waals surface area contributed by atoms with Crippen molar-refractivity contribution in [1.82, 2.24) is 19.5 Å². The van der Waals surface area contributed by atoms with Crippen molar-refractivity contribution in [3.63, 3.8) is 0 Å². The second-order valence-electron chi connectivity index (χ2n) is 8.52. The van der Waals surface area contributed by atoms with Crippen LogP contribution < -0.4 is 5.32 Å². The molecule has 0 bridgehead atoms. The van der Waals surface area contributed by atoms with Gasteiger partial charge in [-0.05, 0) is 31.2 Å². The zero-order chi connectivity index (χ0) is 32.4. The topological polar surface area (TPSA) is 171 Å². The highest BCUT2D eigenvalue weighted by Gasteiger charge is 2.23. The number of aromatic nitrogens is 4. The molecule has 2 aromatic heterocycles. The summed E-state index contributed by atoms with van der Waals surface area (Å²) in [6.45, 7) is 1.63. The van der Waals surface area contributed by atoms with Gasteiger partial charge in [0.05, 0.1) is 43.7 Å². The minimum atomic E-state index is -1.29. The van der Waals surface area contributed by atoms with Gasteiger partial charge >= 0.3 is 5.97 Å². The molecule has 43 heavy (non-hydrogen) atoms. The summed E-state index contributed by atoms with van der Waals surface area (Å²) in [5.74, 6) is -0.728. The maximum atomic E-state index is 12.8. The number of nitrogens with one attached hydrogen (secondary N) is 1. The van der Waals surface area contributed by atoms with Gasteiger partial charge in [-0.2, -0.15) is 5.26 Å². The van der Waals surface area contributed by atoms with Crippen LogP contribution in [0.15, 0.2) is 73.3 Å². The molecule has 0 aliphatic carbocycles. The highest BCUT2D eigenvalue weighted by Crippen LogP contribution is 2.34. The largest absolute Gasteiger partial charge is 0.457 e. The summed E-state index contributed by atoms with van der Waals surface area (Å²) in [5.41, 5.74) is 1.43. The molecule has 2 aromatic carbocycles. The van der Waals surface area contributed by atoms with Gasteiger partial charge in [0.2, 0.25) is 1.43 Å². The first-order chi connectivity index (χ1) is 21.9. The van der Waals surface area contributed by atoms with Crippen LogP contribution in [0.1, 0.15) is 41.6 Å². The van der Waals surface area contributed by atoms with Crippen molar-refractivity contribution >= 4 is 37.2 Å². The molecule has 4 aromatic rings. The Balaban J connectivity index is 0.00000177. The number of aliphatic hydroxyl groups is 1. The van der Waals surface area contributed by atoms with Gasteiger partial charge in [0, 0.05) is 20.7 Å². The van der Waals surface area contributed by atoms with E-state index in [9.17, 15) is 9.59 Å². The average molecular weight is 612 g/mol. The molecule has 14 heteroatoms. The maximum Gasteiger partial charge on any atom is 0.338 e. The first kappa shape index (κ1) is 30.2. The molecule has 0 saturated carbocycles. The normalized spacial score (nSPS) is 13.3. The number of carbonyl (C=O) groups excluding carboxylic acids is 2. The van der Waals surface area contributed by atoms with Crippen LogP contribution in [0, 0.1) is 11.3 Å². The van der Waals surface area contributed by atoms with Crippen molar-refractivity contribution < 1.29 is 34.6 Å². The minimum Gasteiger partial charge on any atom is -0.457 e. The van der Waals surface area contributed by atoms with E-state index in [0.717, 1.165) is 0 Å². The molecular formula is C29H33N6O7P. The van der Waals surface area contributed by atoms with E-state index in [2.05, 4.69) is 25.4 Å². The molecule has 226 valence electrons. The number of benzene rings is 2. The Morgan fingerprint density at radius 2 is 1.81 bits per heavy atom. The molecule has 2 N–H and O–H groups in total. The number of imidazole rings is 1. The Bertz CT molecular complexity index is 1530. The maximum absolute atomic E-state index is 12.8. The zero-order valence-electron chi connectivity index (χ0n) is 25.7. The van der Waals surface area contributed by atoms with E-state index in [1.165, 1.54) is 19.8 Å². The van der Waals surface area contributed by atoms with Crippen LogP contribution in [0.5, 0.6) is 0 Å². The van der Waals surface area contributed by atoms with Gasteiger partial charge < -0.3 is 28.9 Å². The standard InChI is InChI=1S/C28H29N6O6P.CH4O/c1-20(16-39-41(2)38-15-9-14-29)40-23(17-37-28(36)22-12-7-4-8-13-22)34-19-32-24-25(30-18-31-26(24)34)33-27(35)21-10-5-3-6-11-21;1-2/h3-8,10-13,18-20,23H,9,15-17H2,1-2H3,(H,30,31,33,35);2H,1H3/t20-,23-,41?;/m1./s1/i1D;2T. The Morgan fingerprint density at radius 3 is 2.49 bits per heavy atom. The molecule has 13 nitrogen and oxygen atoms in total. The van der Waals surface area contributed by atoms with Gasteiger partial charge in [0.1, 0.15) is 12.9 Å². The molecule has 1 unspecified atom stereocenters. The van der Waals surface area contributed by atoms with Crippen molar-refractivity contribution in [3.8, 4) is 6.07 Å². The van der Waals surface area contributed by atoms with E-state index in [4.69, 9.17) is 26.6 Å². The monoisotopic (exact) mass is 611 g/mol. The van der Waals surface area contributed by atoms with Crippen molar-refractivity contribution in [2.45, 2.75) is 25.7 Å². The molecule has 2 heterocycles. The number of fused-ring (bicyclic) bond motifs is 1. The molecular weight excluding hydrogens is 575 g/mol. The Kier molecular flexibility index (Phi) is 12.3. The fraction of sp³-hybridized carbons (Fsp3) is 0.310. The highest BCUT2D eigenvalue weighted by atomic mass is 31.2. The Morgan fingerprint density at radius 1 is 1.12 bits per heavy atom. The van der Waals surface area contributed by atoms with Crippen molar-refractivity contribution in [2.24, 2.45) is 0 Å². The van der Waals surface area contributed by atoms with Crippen LogP contribution in [0.4, 0.5) is 5.82 Å². The smallest absolute Gasteiger partial charge is 0.338 e. The summed E-state index contributed by atoms with van der Waals surface area (Å²) in [6, 6.07) is 19.2. The van der Waals surface area contributed by atoms with E-state index in [-0.39, 0.29) is 44.9 Å². The number of nitrogens with zero attached hydrogens (tertiary/aromatic N) is 5. The molecule has 0 saturated heterocycles. The molecule has 0 aliphatic rings. The van der Waals surface area contributed by atoms with Crippen LogP contribution in [0.25, 0.3) is 11.2 Å². The third-order valence-corrected chi connectivity index (χ3v) is 6.64. The van der Waals surface area contributed by atoms with Crippen LogP contribution in [-0.4, -0.2) is 77.6 Å². The van der Waals surface area contributed by atoms with Gasteiger partial charge in [-0.3, -0.25) is 9.36 Å². The fourth-order valence-electron chi connectivity index (χ4n) is 3.62. The predicted molar refractivity (Wildman–Crippen MR) is 159 cm³/mol. The molecule has 0 aliphatic heterocycles. The van der Waals surface area contributed by atoms with E-state index in [1.807, 2.05) is 12.1 Å². The van der Waals surface area contributed by atoms with Crippen molar-refractivity contribution in [1.29, 1.82) is 6.69 Å². The average Bonchev–Trinajstić information content (AvgIpc) is 3.51. The van der Waals surface area contributed by atoms with E-state index < -0.39 is 26.7 Å². The third-order valence-electron chi connectivity index (χ3n) is 5.58. The number of rotatable bonds is 14. The van der Waals surface area contributed by atoms with E-state index >= 15 is 0 Å². The second-order valence-corrected chi connectivity index (χ2v) is 9.92. The predicted octanol–water partition coefficient (Wildman–Crippen LogP) is 4.34. The quantitative estimate of drug-likeness (QED) is 0.118. The van der Waals surface area contributed by atoms with Gasteiger partial charge in [-0.1, -0.05) is 36.4 Å². The van der Waals surface area contributed by atoms with Gasteiger partial charge in [-0.15, -0.1) is 0 Å². The van der Waals surface area contributed by atoms with Crippen LogP contribution in [0.2, 0.25) is 0 Å². The van der Waals surface area contributed by atoms with Gasteiger partial charge in [0.25, 0.3) is 5.91 Å². The lowest BCUT2D eigenvalue weighted by Gasteiger charge is -2.24. The number of hydrogen-bond acceptors (Lipinski definition) is 11. The first-order valence-electron chi connectivity index (χ1n) is 14.1. The SMILES string of the molecule is [2H]C[C@H](COP(C)OCCC#N)O[C@H](COC(=O)c1ccccc1)n1cnc2c(NC(=O)c3ccccc3)ncnc21.[3H]OC. The molecule has 0 radical (unpaired) electrons. The van der Waals surface area contributed by atoms with Crippen LogP contribution in [-0.2, 0) is 18.5 Å². The van der Waals surface area contributed by atoms with Crippen molar-refractivity contribution in [3.05, 3.63) is 84.4 Å². The number of amides is 1. The molecule has 0 fully saturated rings. The summed E-state index contributed by atoms with van der Waals surface area (Å²) >= 11 is 0. The summed E-state index contributed by atoms with van der Waals surface area (Å²) in [6.07, 6.45) is 1.29. The minimum absolute atomic E-state index is 0.0292. The van der Waals surface area contributed by atoms with Crippen LogP contribution >= 0.6 is 8.38 Å².